The van der Waals surface area contributed by atoms with Gasteiger partial charge in [0.25, 0.3) is 5.91 Å². The number of nitrogens with one attached hydrogen (secondary N) is 1. The molecule has 134 valence electrons. The molecule has 1 unspecified atom stereocenters. The summed E-state index contributed by atoms with van der Waals surface area (Å²) in [6.07, 6.45) is 2.49. The van der Waals surface area contributed by atoms with Crippen molar-refractivity contribution >= 4 is 35.1 Å². The number of amides is 1. The first-order valence-electron chi connectivity index (χ1n) is 8.53. The van der Waals surface area contributed by atoms with E-state index in [-0.39, 0.29) is 11.4 Å². The van der Waals surface area contributed by atoms with Gasteiger partial charge in [-0.05, 0) is 49.4 Å². The zero-order valence-electron chi connectivity index (χ0n) is 13.9. The summed E-state index contributed by atoms with van der Waals surface area (Å²) >= 11 is 12.3. The molecule has 0 spiro atoms. The van der Waals surface area contributed by atoms with Gasteiger partial charge in [0.1, 0.15) is 0 Å². The molecule has 6 heteroatoms. The third-order valence-electron chi connectivity index (χ3n) is 5.17. The third-order valence-corrected chi connectivity index (χ3v) is 5.76. The summed E-state index contributed by atoms with van der Waals surface area (Å²) in [5, 5.41) is 4.29. The first-order chi connectivity index (χ1) is 12.5. The van der Waals surface area contributed by atoms with Crippen molar-refractivity contribution in [1.82, 2.24) is 5.32 Å². The fourth-order valence-corrected chi connectivity index (χ4v) is 4.12. The third kappa shape index (κ3) is 3.08. The molecule has 1 saturated carbocycles. The number of carbonyl (C=O) groups excluding carboxylic acids is 2. The molecule has 1 aliphatic carbocycles. The number of hydrogen-bond donors (Lipinski definition) is 1. The Hall–Kier alpha value is -2.04. The van der Waals surface area contributed by atoms with Crippen molar-refractivity contribution in [2.75, 3.05) is 0 Å². The van der Waals surface area contributed by atoms with Crippen LogP contribution < -0.4 is 5.32 Å². The molecule has 1 N–H and O–H groups in total. The lowest BCUT2D eigenvalue weighted by molar-refractivity contribution is -0.132. The molecule has 4 nitrogen and oxygen atoms in total. The van der Waals surface area contributed by atoms with Crippen LogP contribution in [0.3, 0.4) is 0 Å². The number of fused-ring (bicyclic) bond motifs is 1. The smallest absolute Gasteiger partial charge is 0.339 e. The average Bonchev–Trinajstić information content (AvgIpc) is 2.92. The van der Waals surface area contributed by atoms with Crippen molar-refractivity contribution < 1.29 is 14.3 Å². The van der Waals surface area contributed by atoms with E-state index in [2.05, 4.69) is 5.32 Å². The molecule has 4 rings (SSSR count). The highest BCUT2D eigenvalue weighted by Crippen LogP contribution is 2.39. The van der Waals surface area contributed by atoms with Crippen LogP contribution in [-0.4, -0.2) is 17.4 Å². The van der Waals surface area contributed by atoms with Gasteiger partial charge in [-0.3, -0.25) is 4.79 Å². The monoisotopic (exact) mass is 389 g/mol. The van der Waals surface area contributed by atoms with Crippen LogP contribution in [0, 0.1) is 0 Å². The normalized spacial score (nSPS) is 20.1. The molecule has 2 aromatic carbocycles. The highest BCUT2D eigenvalue weighted by atomic mass is 35.5. The van der Waals surface area contributed by atoms with E-state index in [1.165, 1.54) is 0 Å². The highest BCUT2D eigenvalue weighted by molar-refractivity contribution is 6.35. The number of halogens is 2. The number of hydrogen-bond acceptors (Lipinski definition) is 3. The van der Waals surface area contributed by atoms with E-state index in [1.54, 1.807) is 36.4 Å². The number of ether oxygens (including phenoxy) is 1. The summed E-state index contributed by atoms with van der Waals surface area (Å²) in [5.74, 6) is -0.739. The Morgan fingerprint density at radius 3 is 2.65 bits per heavy atom. The van der Waals surface area contributed by atoms with Crippen LogP contribution in [0.15, 0.2) is 42.5 Å². The summed E-state index contributed by atoms with van der Waals surface area (Å²) in [6.45, 7) is 0. The summed E-state index contributed by atoms with van der Waals surface area (Å²) in [6, 6.07) is 12.4. The van der Waals surface area contributed by atoms with Crippen molar-refractivity contribution in [3.63, 3.8) is 0 Å². The molecule has 26 heavy (non-hydrogen) atoms. The van der Waals surface area contributed by atoms with E-state index < -0.39 is 12.1 Å². The zero-order valence-corrected chi connectivity index (χ0v) is 15.4. The molecule has 2 aromatic rings. The summed E-state index contributed by atoms with van der Waals surface area (Å²) < 4.78 is 5.30. The minimum absolute atomic E-state index is 0.284. The predicted octanol–water partition coefficient (Wildman–Crippen LogP) is 4.49. The molecule has 1 atom stereocenters. The largest absolute Gasteiger partial charge is 0.444 e. The first kappa shape index (κ1) is 17.4. The maximum absolute atomic E-state index is 12.8. The minimum Gasteiger partial charge on any atom is -0.444 e. The van der Waals surface area contributed by atoms with Gasteiger partial charge in [0.05, 0.1) is 5.56 Å². The molecule has 0 aromatic heterocycles. The summed E-state index contributed by atoms with van der Waals surface area (Å²) in [4.78, 5) is 24.8. The van der Waals surface area contributed by atoms with Crippen LogP contribution in [-0.2, 0) is 16.0 Å². The van der Waals surface area contributed by atoms with Gasteiger partial charge in [-0.1, -0.05) is 47.5 Å². The predicted molar refractivity (Wildman–Crippen MR) is 99.5 cm³/mol. The van der Waals surface area contributed by atoms with Gasteiger partial charge in [0, 0.05) is 21.1 Å². The van der Waals surface area contributed by atoms with Gasteiger partial charge in [0.15, 0.2) is 0 Å². The molecule has 1 fully saturated rings. The van der Waals surface area contributed by atoms with Gasteiger partial charge in [-0.15, -0.1) is 0 Å². The average molecular weight is 390 g/mol. The first-order valence-corrected chi connectivity index (χ1v) is 9.29. The van der Waals surface area contributed by atoms with Gasteiger partial charge in [-0.2, -0.15) is 0 Å². The van der Waals surface area contributed by atoms with Crippen molar-refractivity contribution in [3.05, 3.63) is 69.2 Å². The standard InChI is InChI=1S/C20H17Cl2NO3/c21-13-7-6-12(16(22)10-13)11-20(8-3-9-20)23-18(24)17-14-4-1-2-5-15(14)19(25)26-17/h1-2,4-7,10,17H,3,8-9,11H2,(H,23,24). The second-order valence-electron chi connectivity index (χ2n) is 6.91. The number of esters is 1. The Bertz CT molecular complexity index is 892. The SMILES string of the molecule is O=C1OC(C(=O)NC2(Cc3ccc(Cl)cc3Cl)CCC2)c2ccccc21. The second kappa shape index (κ2) is 6.60. The van der Waals surface area contributed by atoms with Gasteiger partial charge >= 0.3 is 5.97 Å². The molecule has 1 amide bonds. The summed E-state index contributed by atoms with van der Waals surface area (Å²) in [7, 11) is 0. The lowest BCUT2D eigenvalue weighted by atomic mass is 9.72. The molecule has 0 saturated heterocycles. The molecular weight excluding hydrogens is 373 g/mol. The van der Waals surface area contributed by atoms with Crippen molar-refractivity contribution in [2.45, 2.75) is 37.3 Å². The fraction of sp³-hybridized carbons (Fsp3) is 0.300. The van der Waals surface area contributed by atoms with Gasteiger partial charge < -0.3 is 10.1 Å². The van der Waals surface area contributed by atoms with E-state index in [4.69, 9.17) is 27.9 Å². The zero-order chi connectivity index (χ0) is 18.3. The van der Waals surface area contributed by atoms with Gasteiger partial charge in [-0.25, -0.2) is 4.79 Å². The molecule has 1 aliphatic heterocycles. The number of rotatable bonds is 4. The van der Waals surface area contributed by atoms with Gasteiger partial charge in [0.2, 0.25) is 6.10 Å². The molecule has 2 aliphatic rings. The Balaban J connectivity index is 1.53. The van der Waals surface area contributed by atoms with Crippen LogP contribution in [0.5, 0.6) is 0 Å². The topological polar surface area (TPSA) is 55.4 Å². The number of carbonyl (C=O) groups is 2. The summed E-state index contributed by atoms with van der Waals surface area (Å²) in [5.41, 5.74) is 1.66. The number of benzene rings is 2. The van der Waals surface area contributed by atoms with Crippen LogP contribution >= 0.6 is 23.2 Å². The van der Waals surface area contributed by atoms with Crippen molar-refractivity contribution in [1.29, 1.82) is 0 Å². The molecular formula is C20H17Cl2NO3. The Labute approximate surface area is 161 Å². The van der Waals surface area contributed by atoms with Crippen molar-refractivity contribution in [2.24, 2.45) is 0 Å². The maximum Gasteiger partial charge on any atom is 0.339 e. The molecule has 0 bridgehead atoms. The maximum atomic E-state index is 12.8. The number of cyclic esters (lactones) is 1. The fourth-order valence-electron chi connectivity index (χ4n) is 3.65. The van der Waals surface area contributed by atoms with Crippen LogP contribution in [0.4, 0.5) is 0 Å². The molecule has 1 heterocycles. The second-order valence-corrected chi connectivity index (χ2v) is 7.75. The lowest BCUT2D eigenvalue weighted by Gasteiger charge is -2.43. The highest BCUT2D eigenvalue weighted by Gasteiger charge is 2.43. The Morgan fingerprint density at radius 2 is 1.96 bits per heavy atom. The van der Waals surface area contributed by atoms with Crippen LogP contribution in [0.2, 0.25) is 10.0 Å². The Morgan fingerprint density at radius 1 is 1.19 bits per heavy atom. The van der Waals surface area contributed by atoms with Crippen LogP contribution in [0.25, 0.3) is 0 Å². The van der Waals surface area contributed by atoms with E-state index in [9.17, 15) is 9.59 Å². The lowest BCUT2D eigenvalue weighted by Crippen LogP contribution is -2.56. The van der Waals surface area contributed by atoms with E-state index in [1.807, 2.05) is 6.07 Å². The van der Waals surface area contributed by atoms with Crippen LogP contribution in [0.1, 0.15) is 46.9 Å². The van der Waals surface area contributed by atoms with Crippen molar-refractivity contribution in [3.8, 4) is 0 Å². The van der Waals surface area contributed by atoms with E-state index in [0.29, 0.717) is 27.6 Å². The minimum atomic E-state index is -0.892. The van der Waals surface area contributed by atoms with E-state index in [0.717, 1.165) is 24.8 Å². The Kier molecular flexibility index (Phi) is 4.41. The van der Waals surface area contributed by atoms with E-state index >= 15 is 0 Å². The quantitative estimate of drug-likeness (QED) is 0.783. The molecule has 0 radical (unpaired) electrons.